The number of nitriles is 1. The summed E-state index contributed by atoms with van der Waals surface area (Å²) in [5.41, 5.74) is 1.90. The van der Waals surface area contributed by atoms with Crippen LogP contribution in [0.2, 0.25) is 5.15 Å². The summed E-state index contributed by atoms with van der Waals surface area (Å²) in [5, 5.41) is 15.1. The Kier molecular flexibility index (Phi) is 3.13. The van der Waals surface area contributed by atoms with Crippen LogP contribution in [0.25, 0.3) is 10.8 Å². The SMILES string of the molecule is N#CC1(c2ccc3cnc(NC(=O)C4C5Oc6cc(Cl)ncc6C54)cc3c2)CC12CC2. The molecule has 7 rings (SSSR count). The van der Waals surface area contributed by atoms with Gasteiger partial charge >= 0.3 is 0 Å². The highest BCUT2D eigenvalue weighted by atomic mass is 35.5. The predicted octanol–water partition coefficient (Wildman–Crippen LogP) is 4.34. The van der Waals surface area contributed by atoms with Crippen LogP contribution in [-0.4, -0.2) is 22.0 Å². The number of fused-ring (bicyclic) bond motifs is 4. The van der Waals surface area contributed by atoms with E-state index < -0.39 is 0 Å². The number of carbonyl (C=O) groups is 1. The molecule has 0 bridgehead atoms. The minimum Gasteiger partial charge on any atom is -0.488 e. The lowest BCUT2D eigenvalue weighted by molar-refractivity contribution is -0.118. The van der Waals surface area contributed by atoms with Gasteiger partial charge in [-0.05, 0) is 47.8 Å². The number of rotatable bonds is 3. The van der Waals surface area contributed by atoms with Crippen molar-refractivity contribution in [1.29, 1.82) is 5.26 Å². The van der Waals surface area contributed by atoms with Gasteiger partial charge in [0.2, 0.25) is 5.91 Å². The Bertz CT molecular complexity index is 1360. The topological polar surface area (TPSA) is 87.9 Å². The largest absolute Gasteiger partial charge is 0.488 e. The Morgan fingerprint density at radius 1 is 1.19 bits per heavy atom. The number of amides is 1. The lowest BCUT2D eigenvalue weighted by atomic mass is 9.92. The van der Waals surface area contributed by atoms with Crippen LogP contribution in [0.4, 0.5) is 5.82 Å². The van der Waals surface area contributed by atoms with Crippen LogP contribution in [0.3, 0.4) is 0 Å². The van der Waals surface area contributed by atoms with Gasteiger partial charge in [0.1, 0.15) is 22.8 Å². The Labute approximate surface area is 183 Å². The summed E-state index contributed by atoms with van der Waals surface area (Å²) in [6.45, 7) is 0. The van der Waals surface area contributed by atoms with Crippen LogP contribution in [0.1, 0.15) is 36.3 Å². The smallest absolute Gasteiger partial charge is 0.233 e. The van der Waals surface area contributed by atoms with Crippen molar-refractivity contribution in [3.05, 3.63) is 59.0 Å². The zero-order chi connectivity index (χ0) is 21.0. The summed E-state index contributed by atoms with van der Waals surface area (Å²) in [6.07, 6.45) is 6.55. The number of benzene rings is 1. The molecule has 3 heterocycles. The van der Waals surface area contributed by atoms with E-state index in [1.54, 1.807) is 18.5 Å². The fourth-order valence-electron chi connectivity index (χ4n) is 5.57. The maximum absolute atomic E-state index is 12.9. The molecule has 0 radical (unpaired) electrons. The molecule has 152 valence electrons. The van der Waals surface area contributed by atoms with Crippen LogP contribution in [-0.2, 0) is 10.2 Å². The van der Waals surface area contributed by atoms with E-state index in [4.69, 9.17) is 16.3 Å². The molecule has 4 aliphatic rings. The Morgan fingerprint density at radius 3 is 2.84 bits per heavy atom. The first-order valence-corrected chi connectivity index (χ1v) is 10.9. The number of carbonyl (C=O) groups excluding carboxylic acids is 1. The van der Waals surface area contributed by atoms with E-state index >= 15 is 0 Å². The van der Waals surface area contributed by atoms with Gasteiger partial charge in [-0.3, -0.25) is 4.79 Å². The van der Waals surface area contributed by atoms with Crippen LogP contribution >= 0.6 is 11.6 Å². The molecule has 2 aromatic heterocycles. The molecular formula is C24H17ClN4O2. The van der Waals surface area contributed by atoms with Crippen molar-refractivity contribution in [1.82, 2.24) is 9.97 Å². The van der Waals surface area contributed by atoms with Crippen molar-refractivity contribution in [2.24, 2.45) is 11.3 Å². The first-order valence-electron chi connectivity index (χ1n) is 10.5. The summed E-state index contributed by atoms with van der Waals surface area (Å²) in [7, 11) is 0. The average Bonchev–Trinajstić information content (AvgIpc) is 3.72. The van der Waals surface area contributed by atoms with E-state index in [0.29, 0.717) is 11.0 Å². The van der Waals surface area contributed by atoms with Gasteiger partial charge in [-0.1, -0.05) is 23.7 Å². The number of anilines is 1. The minimum absolute atomic E-state index is 0.0203. The number of nitrogens with zero attached hydrogens (tertiary/aromatic N) is 3. The van der Waals surface area contributed by atoms with Crippen LogP contribution in [0.15, 0.2) is 42.7 Å². The number of pyridine rings is 2. The molecule has 4 unspecified atom stereocenters. The summed E-state index contributed by atoms with van der Waals surface area (Å²) in [6, 6.07) is 12.3. The molecule has 1 amide bonds. The van der Waals surface area contributed by atoms with Crippen LogP contribution in [0, 0.1) is 22.7 Å². The van der Waals surface area contributed by atoms with Crippen molar-refractivity contribution < 1.29 is 9.53 Å². The van der Waals surface area contributed by atoms with Gasteiger partial charge in [0, 0.05) is 35.3 Å². The standard InChI is InChI=1S/C24H17ClN4O2/c25-17-7-16-15(9-27-17)19-20(21(19)31-16)22(30)29-18-6-13-5-14(2-1-12(13)8-28-18)24(11-26)10-23(24)3-4-23/h1-2,5-9,19-21H,3-4,10H2,(H,28,29,30). The Balaban J connectivity index is 1.14. The molecule has 3 aliphatic carbocycles. The van der Waals surface area contributed by atoms with Gasteiger partial charge in [-0.15, -0.1) is 0 Å². The number of ether oxygens (including phenoxy) is 1. The number of nitrogens with one attached hydrogen (secondary N) is 1. The molecule has 1 aliphatic heterocycles. The van der Waals surface area contributed by atoms with E-state index in [2.05, 4.69) is 33.5 Å². The molecule has 3 saturated carbocycles. The van der Waals surface area contributed by atoms with Crippen molar-refractivity contribution in [3.8, 4) is 11.8 Å². The first-order chi connectivity index (χ1) is 15.0. The first kappa shape index (κ1) is 17.5. The molecule has 1 spiro atoms. The maximum Gasteiger partial charge on any atom is 0.233 e. The summed E-state index contributed by atoms with van der Waals surface area (Å²) >= 11 is 5.91. The summed E-state index contributed by atoms with van der Waals surface area (Å²) < 4.78 is 5.86. The van der Waals surface area contributed by atoms with Crippen LogP contribution < -0.4 is 10.1 Å². The molecule has 1 N–H and O–H groups in total. The second-order valence-corrected chi connectivity index (χ2v) is 9.66. The normalized spacial score (nSPS) is 30.1. The van der Waals surface area contributed by atoms with Crippen molar-refractivity contribution >= 4 is 34.1 Å². The highest BCUT2D eigenvalue weighted by Gasteiger charge is 2.75. The van der Waals surface area contributed by atoms with Crippen LogP contribution in [0.5, 0.6) is 5.75 Å². The molecule has 7 heteroatoms. The van der Waals surface area contributed by atoms with Gasteiger partial charge in [0.25, 0.3) is 0 Å². The second kappa shape index (κ2) is 5.54. The third-order valence-electron chi connectivity index (χ3n) is 7.63. The predicted molar refractivity (Wildman–Crippen MR) is 114 cm³/mol. The van der Waals surface area contributed by atoms with Crippen molar-refractivity contribution in [3.63, 3.8) is 0 Å². The third kappa shape index (κ3) is 2.30. The Hall–Kier alpha value is -3.17. The maximum atomic E-state index is 12.9. The number of halogens is 1. The molecule has 0 saturated heterocycles. The molecular weight excluding hydrogens is 412 g/mol. The monoisotopic (exact) mass is 428 g/mol. The minimum atomic E-state index is -0.332. The number of hydrogen-bond donors (Lipinski definition) is 1. The molecule has 4 atom stereocenters. The molecule has 3 aromatic rings. The third-order valence-corrected chi connectivity index (χ3v) is 7.84. The Morgan fingerprint density at radius 2 is 2.06 bits per heavy atom. The average molecular weight is 429 g/mol. The van der Waals surface area contributed by atoms with Gasteiger partial charge in [0.15, 0.2) is 0 Å². The van der Waals surface area contributed by atoms with E-state index in [1.165, 1.54) is 0 Å². The fraction of sp³-hybridized carbons (Fsp3) is 0.333. The number of aromatic nitrogens is 2. The van der Waals surface area contributed by atoms with Gasteiger partial charge in [-0.2, -0.15) is 5.26 Å². The summed E-state index contributed by atoms with van der Waals surface area (Å²) in [5.74, 6) is 0.896. The molecule has 31 heavy (non-hydrogen) atoms. The molecule has 3 fully saturated rings. The molecule has 6 nitrogen and oxygen atoms in total. The van der Waals surface area contributed by atoms with E-state index in [-0.39, 0.29) is 34.7 Å². The lowest BCUT2D eigenvalue weighted by Crippen LogP contribution is -2.19. The molecule has 1 aromatic carbocycles. The highest BCUT2D eigenvalue weighted by Crippen LogP contribution is 2.78. The second-order valence-electron chi connectivity index (χ2n) is 9.27. The fourth-order valence-corrected chi connectivity index (χ4v) is 5.72. The van der Waals surface area contributed by atoms with Crippen molar-refractivity contribution in [2.75, 3.05) is 5.32 Å². The van der Waals surface area contributed by atoms with E-state index in [9.17, 15) is 10.1 Å². The van der Waals surface area contributed by atoms with Crippen molar-refractivity contribution in [2.45, 2.75) is 36.7 Å². The van der Waals surface area contributed by atoms with Gasteiger partial charge < -0.3 is 10.1 Å². The van der Waals surface area contributed by atoms with E-state index in [0.717, 1.165) is 46.9 Å². The van der Waals surface area contributed by atoms with Gasteiger partial charge in [-0.25, -0.2) is 9.97 Å². The van der Waals surface area contributed by atoms with Gasteiger partial charge in [0.05, 0.1) is 17.4 Å². The number of hydrogen-bond acceptors (Lipinski definition) is 5. The zero-order valence-electron chi connectivity index (χ0n) is 16.4. The summed E-state index contributed by atoms with van der Waals surface area (Å²) in [4.78, 5) is 21.4. The van der Waals surface area contributed by atoms with E-state index in [1.807, 2.05) is 12.1 Å². The lowest BCUT2D eigenvalue weighted by Gasteiger charge is -2.12. The zero-order valence-corrected chi connectivity index (χ0v) is 17.2. The quantitative estimate of drug-likeness (QED) is 0.627. The highest BCUT2D eigenvalue weighted by molar-refractivity contribution is 6.29.